The van der Waals surface area contributed by atoms with Crippen molar-refractivity contribution in [3.05, 3.63) is 76.5 Å². The molecule has 1 saturated heterocycles. The van der Waals surface area contributed by atoms with Crippen molar-refractivity contribution in [2.45, 2.75) is 18.4 Å². The number of benzene rings is 2. The highest BCUT2D eigenvalue weighted by Crippen LogP contribution is 2.33. The molecule has 0 saturated carbocycles. The number of halogens is 1. The van der Waals surface area contributed by atoms with E-state index in [1.807, 2.05) is 24.4 Å². The third-order valence-corrected chi connectivity index (χ3v) is 6.68. The first kappa shape index (κ1) is 22.9. The zero-order chi connectivity index (χ0) is 23.4. The minimum atomic E-state index is -0.843. The third-order valence-electron chi connectivity index (χ3n) is 5.92. The highest BCUT2D eigenvalue weighted by Gasteiger charge is 2.30. The van der Waals surface area contributed by atoms with Gasteiger partial charge in [0.25, 0.3) is 5.91 Å². The Kier molecular flexibility index (Phi) is 6.75. The number of aromatic nitrogens is 1. The molecule has 1 aromatic heterocycles. The van der Waals surface area contributed by atoms with E-state index in [4.69, 9.17) is 6.42 Å². The van der Waals surface area contributed by atoms with Crippen molar-refractivity contribution in [1.82, 2.24) is 10.3 Å². The Morgan fingerprint density at radius 3 is 2.73 bits per heavy atom. The van der Waals surface area contributed by atoms with Gasteiger partial charge >= 0.3 is 0 Å². The van der Waals surface area contributed by atoms with Gasteiger partial charge in [0.15, 0.2) is 5.13 Å². The van der Waals surface area contributed by atoms with Gasteiger partial charge < -0.3 is 15.3 Å². The SMILES string of the molecule is C#C[C@](C)(c1ccc(F)cc1)c1csc(NC(=O)c2ccc(N3CCNC(CO)C3)cc2)n1. The summed E-state index contributed by atoms with van der Waals surface area (Å²) < 4.78 is 13.3. The molecule has 3 N–H and O–H groups in total. The minimum absolute atomic E-state index is 0.0458. The predicted molar refractivity (Wildman–Crippen MR) is 129 cm³/mol. The summed E-state index contributed by atoms with van der Waals surface area (Å²) in [5.74, 6) is 2.16. The number of nitrogens with zero attached hydrogens (tertiary/aromatic N) is 2. The van der Waals surface area contributed by atoms with Gasteiger partial charge in [-0.25, -0.2) is 9.37 Å². The van der Waals surface area contributed by atoms with Gasteiger partial charge in [-0.1, -0.05) is 18.1 Å². The number of piperazine rings is 1. The number of amides is 1. The minimum Gasteiger partial charge on any atom is -0.395 e. The highest BCUT2D eigenvalue weighted by atomic mass is 32.1. The lowest BCUT2D eigenvalue weighted by molar-refractivity contribution is 0.102. The van der Waals surface area contributed by atoms with Crippen LogP contribution in [-0.2, 0) is 5.41 Å². The summed E-state index contributed by atoms with van der Waals surface area (Å²) in [6.45, 7) is 4.29. The van der Waals surface area contributed by atoms with Gasteiger partial charge in [-0.3, -0.25) is 10.1 Å². The van der Waals surface area contributed by atoms with E-state index < -0.39 is 5.41 Å². The molecule has 33 heavy (non-hydrogen) atoms. The fourth-order valence-electron chi connectivity index (χ4n) is 3.82. The largest absolute Gasteiger partial charge is 0.395 e. The summed E-state index contributed by atoms with van der Waals surface area (Å²) in [5.41, 5.74) is 2.05. The first-order valence-corrected chi connectivity index (χ1v) is 11.5. The summed E-state index contributed by atoms with van der Waals surface area (Å²) in [4.78, 5) is 19.5. The number of terminal acetylenes is 1. The van der Waals surface area contributed by atoms with Gasteiger partial charge in [0.05, 0.1) is 17.7 Å². The number of carbonyl (C=O) groups excluding carboxylic acids is 1. The summed E-state index contributed by atoms with van der Waals surface area (Å²) in [6, 6.07) is 13.5. The average Bonchev–Trinajstić information content (AvgIpc) is 3.33. The van der Waals surface area contributed by atoms with E-state index in [0.29, 0.717) is 22.9 Å². The molecule has 1 unspecified atom stereocenters. The summed E-state index contributed by atoms with van der Waals surface area (Å²) in [6.07, 6.45) is 5.82. The van der Waals surface area contributed by atoms with E-state index in [1.54, 1.807) is 24.3 Å². The smallest absolute Gasteiger partial charge is 0.257 e. The summed E-state index contributed by atoms with van der Waals surface area (Å²) in [5, 5.41) is 17.7. The number of nitrogens with one attached hydrogen (secondary N) is 2. The normalized spacial score (nSPS) is 17.8. The first-order valence-electron chi connectivity index (χ1n) is 10.6. The Balaban J connectivity index is 1.45. The molecule has 3 aromatic rings. The number of thiazole rings is 1. The standard InChI is InChI=1S/C25H25FN4O2S/c1-3-25(2,18-6-8-19(26)9-7-18)22-16-33-24(28-22)29-23(32)17-4-10-21(11-5-17)30-13-12-27-20(14-30)15-31/h1,4-11,16,20,27,31H,12-15H2,2H3,(H,28,29,32)/t20?,25-/m1/s1. The Morgan fingerprint density at radius 1 is 1.33 bits per heavy atom. The van der Waals surface area contributed by atoms with Crippen molar-refractivity contribution in [2.24, 2.45) is 0 Å². The van der Waals surface area contributed by atoms with Gasteiger partial charge in [-0.15, -0.1) is 17.8 Å². The molecule has 1 amide bonds. The van der Waals surface area contributed by atoms with Crippen molar-refractivity contribution in [3.63, 3.8) is 0 Å². The number of rotatable bonds is 6. The maximum atomic E-state index is 13.3. The molecule has 1 fully saturated rings. The summed E-state index contributed by atoms with van der Waals surface area (Å²) >= 11 is 1.29. The molecule has 170 valence electrons. The Labute approximate surface area is 196 Å². The van der Waals surface area contributed by atoms with E-state index in [9.17, 15) is 14.3 Å². The molecule has 4 rings (SSSR count). The average molecular weight is 465 g/mol. The van der Waals surface area contributed by atoms with Gasteiger partial charge in [0.1, 0.15) is 5.82 Å². The second kappa shape index (κ2) is 9.71. The first-order chi connectivity index (χ1) is 15.9. The predicted octanol–water partition coefficient (Wildman–Crippen LogP) is 3.24. The lowest BCUT2D eigenvalue weighted by Crippen LogP contribution is -2.52. The number of anilines is 2. The Morgan fingerprint density at radius 2 is 2.06 bits per heavy atom. The zero-order valence-corrected chi connectivity index (χ0v) is 19.0. The fraction of sp³-hybridized carbons (Fsp3) is 0.280. The molecule has 8 heteroatoms. The molecule has 6 nitrogen and oxygen atoms in total. The van der Waals surface area contributed by atoms with Crippen LogP contribution in [-0.4, -0.2) is 48.3 Å². The van der Waals surface area contributed by atoms with Crippen LogP contribution in [0, 0.1) is 18.2 Å². The zero-order valence-electron chi connectivity index (χ0n) is 18.2. The van der Waals surface area contributed by atoms with Crippen LogP contribution < -0.4 is 15.5 Å². The van der Waals surface area contributed by atoms with Crippen LogP contribution in [0.4, 0.5) is 15.2 Å². The van der Waals surface area contributed by atoms with E-state index >= 15 is 0 Å². The van der Waals surface area contributed by atoms with Gasteiger partial charge in [-0.2, -0.15) is 0 Å². The second-order valence-corrected chi connectivity index (χ2v) is 8.95. The number of aliphatic hydroxyl groups is 1. The van der Waals surface area contributed by atoms with Gasteiger partial charge in [0.2, 0.25) is 0 Å². The Bertz CT molecular complexity index is 1160. The number of aliphatic hydroxyl groups excluding tert-OH is 1. The van der Waals surface area contributed by atoms with Crippen LogP contribution in [0.15, 0.2) is 53.9 Å². The lowest BCUT2D eigenvalue weighted by Gasteiger charge is -2.34. The van der Waals surface area contributed by atoms with Crippen molar-refractivity contribution >= 4 is 28.1 Å². The molecule has 2 atom stereocenters. The third kappa shape index (κ3) is 4.91. The molecule has 2 heterocycles. The van der Waals surface area contributed by atoms with Crippen molar-refractivity contribution in [2.75, 3.05) is 36.5 Å². The van der Waals surface area contributed by atoms with Gasteiger partial charge in [-0.05, 0) is 48.9 Å². The molecule has 0 radical (unpaired) electrons. The van der Waals surface area contributed by atoms with Crippen LogP contribution in [0.5, 0.6) is 0 Å². The van der Waals surface area contributed by atoms with E-state index in [0.717, 1.165) is 24.3 Å². The molecule has 1 aliphatic rings. The van der Waals surface area contributed by atoms with Crippen LogP contribution in [0.1, 0.15) is 28.5 Å². The van der Waals surface area contributed by atoms with E-state index in [-0.39, 0.29) is 24.4 Å². The maximum absolute atomic E-state index is 13.3. The fourth-order valence-corrected chi connectivity index (χ4v) is 4.64. The van der Waals surface area contributed by atoms with Crippen molar-refractivity contribution in [3.8, 4) is 12.3 Å². The topological polar surface area (TPSA) is 77.5 Å². The second-order valence-electron chi connectivity index (χ2n) is 8.09. The summed E-state index contributed by atoms with van der Waals surface area (Å²) in [7, 11) is 0. The molecule has 0 aliphatic carbocycles. The number of hydrogen-bond donors (Lipinski definition) is 3. The molecular formula is C25H25FN4O2S. The van der Waals surface area contributed by atoms with Crippen LogP contribution in [0.25, 0.3) is 0 Å². The van der Waals surface area contributed by atoms with Crippen molar-refractivity contribution < 1.29 is 14.3 Å². The Hall–Kier alpha value is -3.25. The molecule has 0 spiro atoms. The van der Waals surface area contributed by atoms with Crippen molar-refractivity contribution in [1.29, 1.82) is 0 Å². The van der Waals surface area contributed by atoms with Gasteiger partial charge in [0, 0.05) is 42.3 Å². The van der Waals surface area contributed by atoms with Crippen LogP contribution >= 0.6 is 11.3 Å². The number of carbonyl (C=O) groups is 1. The maximum Gasteiger partial charge on any atom is 0.257 e. The van der Waals surface area contributed by atoms with Crippen LogP contribution in [0.3, 0.4) is 0 Å². The van der Waals surface area contributed by atoms with Crippen LogP contribution in [0.2, 0.25) is 0 Å². The van der Waals surface area contributed by atoms with E-state index in [1.165, 1.54) is 23.5 Å². The molecule has 2 aromatic carbocycles. The van der Waals surface area contributed by atoms with E-state index in [2.05, 4.69) is 26.4 Å². The quantitative estimate of drug-likeness (QED) is 0.488. The molecule has 1 aliphatic heterocycles. The monoisotopic (exact) mass is 464 g/mol. The lowest BCUT2D eigenvalue weighted by atomic mass is 9.81. The molecular weight excluding hydrogens is 439 g/mol. The number of hydrogen-bond acceptors (Lipinski definition) is 6. The highest BCUT2D eigenvalue weighted by molar-refractivity contribution is 7.14. The molecule has 0 bridgehead atoms.